The van der Waals surface area contributed by atoms with Crippen molar-refractivity contribution in [2.24, 2.45) is 0 Å². The maximum Gasteiger partial charge on any atom is 0.224 e. The van der Waals surface area contributed by atoms with Crippen LogP contribution in [0.1, 0.15) is 43.5 Å². The number of Topliss-reactive ketones (excluding diaryl/α,β-unsaturated/α-hetero) is 1. The van der Waals surface area contributed by atoms with E-state index in [-0.39, 0.29) is 18.1 Å². The van der Waals surface area contributed by atoms with Gasteiger partial charge in [-0.2, -0.15) is 0 Å². The average Bonchev–Trinajstić information content (AvgIpc) is 2.47. The summed E-state index contributed by atoms with van der Waals surface area (Å²) in [5, 5.41) is 0. The van der Waals surface area contributed by atoms with Crippen LogP contribution < -0.4 is 0 Å². The van der Waals surface area contributed by atoms with Crippen LogP contribution in [-0.2, 0) is 4.79 Å². The molecule has 0 aliphatic carbocycles. The van der Waals surface area contributed by atoms with Gasteiger partial charge in [-0.25, -0.2) is 0 Å². The van der Waals surface area contributed by atoms with Gasteiger partial charge in [0.25, 0.3) is 0 Å². The maximum atomic E-state index is 12.2. The molecular weight excluding hydrogens is 318 g/mol. The highest BCUT2D eigenvalue weighted by molar-refractivity contribution is 9.10. The molecule has 0 saturated carbocycles. The zero-order valence-corrected chi connectivity index (χ0v) is 13.7. The van der Waals surface area contributed by atoms with Crippen molar-refractivity contribution in [2.45, 2.75) is 37.9 Å². The Morgan fingerprint density at radius 3 is 2.15 bits per heavy atom. The molecule has 1 atom stereocenters. The van der Waals surface area contributed by atoms with E-state index in [2.05, 4.69) is 29.8 Å². The normalized spacial score (nSPS) is 11.9. The Labute approximate surface area is 129 Å². The van der Waals surface area contributed by atoms with Crippen molar-refractivity contribution in [3.63, 3.8) is 0 Å². The number of carbonyl (C=O) groups excluding carboxylic acids is 2. The first-order chi connectivity index (χ1) is 9.60. The number of alkyl halides is 1. The number of ketones is 1. The molecule has 1 rings (SSSR count). The van der Waals surface area contributed by atoms with E-state index in [1.165, 1.54) is 0 Å². The number of rotatable bonds is 8. The minimum Gasteiger partial charge on any atom is -0.343 e. The van der Waals surface area contributed by atoms with Crippen molar-refractivity contribution < 1.29 is 9.59 Å². The van der Waals surface area contributed by atoms with E-state index in [1.54, 1.807) is 12.1 Å². The quantitative estimate of drug-likeness (QED) is 0.535. The second-order valence-electron chi connectivity index (χ2n) is 4.78. The molecule has 0 aromatic heterocycles. The first-order valence-corrected chi connectivity index (χ1v) is 8.02. The van der Waals surface area contributed by atoms with Crippen LogP contribution in [0.5, 0.6) is 0 Å². The van der Waals surface area contributed by atoms with Crippen molar-refractivity contribution in [3.8, 4) is 0 Å². The van der Waals surface area contributed by atoms with Crippen LogP contribution in [0, 0.1) is 0 Å². The summed E-state index contributed by atoms with van der Waals surface area (Å²) in [6.07, 6.45) is 2.09. The minimum absolute atomic E-state index is 0.0353. The second-order valence-corrected chi connectivity index (χ2v) is 5.89. The van der Waals surface area contributed by atoms with Gasteiger partial charge in [0.2, 0.25) is 5.91 Å². The fraction of sp³-hybridized carbons (Fsp3) is 0.500. The van der Waals surface area contributed by atoms with Crippen LogP contribution in [0.4, 0.5) is 0 Å². The molecule has 0 bridgehead atoms. The molecule has 0 spiro atoms. The molecule has 0 aliphatic heterocycles. The summed E-state index contributed by atoms with van der Waals surface area (Å²) in [6, 6.07) is 9.08. The van der Waals surface area contributed by atoms with Gasteiger partial charge in [0.1, 0.15) is 0 Å². The zero-order valence-electron chi connectivity index (χ0n) is 12.1. The Balaban J connectivity index is 2.62. The van der Waals surface area contributed by atoms with E-state index >= 15 is 0 Å². The molecular formula is C16H22BrNO2. The molecule has 1 aromatic rings. The van der Waals surface area contributed by atoms with E-state index in [0.29, 0.717) is 5.56 Å². The molecule has 0 saturated heterocycles. The summed E-state index contributed by atoms with van der Waals surface area (Å²) in [5.74, 6) is 0.00625. The summed E-state index contributed by atoms with van der Waals surface area (Å²) >= 11 is 3.35. The molecule has 1 aromatic carbocycles. The SMILES string of the molecule is CCCN(CCC)C(=O)C[C@@H](Br)C(=O)c1ccccc1. The highest BCUT2D eigenvalue weighted by Gasteiger charge is 2.22. The third-order valence-corrected chi connectivity index (χ3v) is 3.78. The van der Waals surface area contributed by atoms with E-state index < -0.39 is 4.83 Å². The molecule has 0 unspecified atom stereocenters. The standard InChI is InChI=1S/C16H22BrNO2/c1-3-10-18(11-4-2)15(19)12-14(17)16(20)13-8-6-5-7-9-13/h5-9,14H,3-4,10-12H2,1-2H3/t14-/m1/s1. The monoisotopic (exact) mass is 339 g/mol. The highest BCUT2D eigenvalue weighted by atomic mass is 79.9. The predicted molar refractivity (Wildman–Crippen MR) is 85.3 cm³/mol. The molecule has 20 heavy (non-hydrogen) atoms. The van der Waals surface area contributed by atoms with Crippen LogP contribution >= 0.6 is 15.9 Å². The summed E-state index contributed by atoms with van der Waals surface area (Å²) in [7, 11) is 0. The summed E-state index contributed by atoms with van der Waals surface area (Å²) in [4.78, 5) is 25.8. The Kier molecular flexibility index (Phi) is 7.52. The van der Waals surface area contributed by atoms with Gasteiger partial charge in [-0.15, -0.1) is 0 Å². The smallest absolute Gasteiger partial charge is 0.224 e. The van der Waals surface area contributed by atoms with Gasteiger partial charge in [0, 0.05) is 25.1 Å². The second kappa shape index (κ2) is 8.90. The summed E-state index contributed by atoms with van der Waals surface area (Å²) in [5.41, 5.74) is 0.639. The predicted octanol–water partition coefficient (Wildman–Crippen LogP) is 3.67. The number of carbonyl (C=O) groups is 2. The molecule has 0 radical (unpaired) electrons. The molecule has 3 nitrogen and oxygen atoms in total. The fourth-order valence-corrected chi connectivity index (χ4v) is 2.60. The minimum atomic E-state index is -0.450. The van der Waals surface area contributed by atoms with Crippen LogP contribution in [0.25, 0.3) is 0 Å². The Morgan fingerprint density at radius 1 is 1.10 bits per heavy atom. The molecule has 0 fully saturated rings. The van der Waals surface area contributed by atoms with Gasteiger partial charge >= 0.3 is 0 Å². The molecule has 0 N–H and O–H groups in total. The lowest BCUT2D eigenvalue weighted by Gasteiger charge is -2.22. The lowest BCUT2D eigenvalue weighted by molar-refractivity contribution is -0.131. The molecule has 110 valence electrons. The van der Waals surface area contributed by atoms with E-state index in [4.69, 9.17) is 0 Å². The van der Waals surface area contributed by atoms with Crippen molar-refractivity contribution in [3.05, 3.63) is 35.9 Å². The third-order valence-electron chi connectivity index (χ3n) is 3.04. The molecule has 4 heteroatoms. The lowest BCUT2D eigenvalue weighted by Crippen LogP contribution is -2.35. The number of nitrogens with zero attached hydrogens (tertiary/aromatic N) is 1. The number of halogens is 1. The number of hydrogen-bond acceptors (Lipinski definition) is 2. The summed E-state index contributed by atoms with van der Waals surface area (Å²) < 4.78 is 0. The Bertz CT molecular complexity index is 427. The van der Waals surface area contributed by atoms with Crippen molar-refractivity contribution >= 4 is 27.6 Å². The number of amides is 1. The van der Waals surface area contributed by atoms with Gasteiger partial charge in [0.05, 0.1) is 4.83 Å². The van der Waals surface area contributed by atoms with Gasteiger partial charge in [-0.1, -0.05) is 60.1 Å². The van der Waals surface area contributed by atoms with E-state index in [0.717, 1.165) is 25.9 Å². The van der Waals surface area contributed by atoms with Crippen LogP contribution in [0.3, 0.4) is 0 Å². The molecule has 1 amide bonds. The molecule has 0 heterocycles. The average molecular weight is 340 g/mol. The largest absolute Gasteiger partial charge is 0.343 e. The van der Waals surface area contributed by atoms with Gasteiger partial charge < -0.3 is 4.90 Å². The maximum absolute atomic E-state index is 12.2. The van der Waals surface area contributed by atoms with E-state index in [9.17, 15) is 9.59 Å². The fourth-order valence-electron chi connectivity index (χ4n) is 2.06. The van der Waals surface area contributed by atoms with E-state index in [1.807, 2.05) is 23.1 Å². The van der Waals surface area contributed by atoms with Crippen LogP contribution in [-0.4, -0.2) is 34.5 Å². The van der Waals surface area contributed by atoms with Gasteiger partial charge in [-0.05, 0) is 12.8 Å². The first kappa shape index (κ1) is 16.9. The van der Waals surface area contributed by atoms with Gasteiger partial charge in [0.15, 0.2) is 5.78 Å². The number of hydrogen-bond donors (Lipinski definition) is 0. The topological polar surface area (TPSA) is 37.4 Å². The number of benzene rings is 1. The van der Waals surface area contributed by atoms with Gasteiger partial charge in [-0.3, -0.25) is 9.59 Å². The third kappa shape index (κ3) is 5.08. The lowest BCUT2D eigenvalue weighted by atomic mass is 10.1. The van der Waals surface area contributed by atoms with Crippen LogP contribution in [0.2, 0.25) is 0 Å². The molecule has 0 aliphatic rings. The Hall–Kier alpha value is -1.16. The van der Waals surface area contributed by atoms with Crippen molar-refractivity contribution in [1.82, 2.24) is 4.90 Å². The highest BCUT2D eigenvalue weighted by Crippen LogP contribution is 2.15. The Morgan fingerprint density at radius 2 is 1.65 bits per heavy atom. The van der Waals surface area contributed by atoms with Crippen LogP contribution in [0.15, 0.2) is 30.3 Å². The first-order valence-electron chi connectivity index (χ1n) is 7.11. The van der Waals surface area contributed by atoms with Crippen molar-refractivity contribution in [1.29, 1.82) is 0 Å². The zero-order chi connectivity index (χ0) is 15.0. The summed E-state index contributed by atoms with van der Waals surface area (Å²) in [6.45, 7) is 5.62. The van der Waals surface area contributed by atoms with Crippen molar-refractivity contribution in [2.75, 3.05) is 13.1 Å².